The summed E-state index contributed by atoms with van der Waals surface area (Å²) in [4.78, 5) is 11.6. The Morgan fingerprint density at radius 3 is 2.89 bits per heavy atom. The molecule has 1 aromatic heterocycles. The summed E-state index contributed by atoms with van der Waals surface area (Å²) >= 11 is 0. The summed E-state index contributed by atoms with van der Waals surface area (Å²) in [5, 5.41) is 15.8. The highest BCUT2D eigenvalue weighted by molar-refractivity contribution is 5.91. The van der Waals surface area contributed by atoms with Crippen molar-refractivity contribution in [3.05, 3.63) is 53.2 Å². The fraction of sp³-hybridized carbons (Fsp3) is 0.231. The molecule has 2 aromatic rings. The van der Waals surface area contributed by atoms with Crippen LogP contribution in [0, 0.1) is 12.7 Å². The zero-order valence-electron chi connectivity index (χ0n) is 10.3. The fourth-order valence-electron chi connectivity index (χ4n) is 1.60. The molecule has 0 radical (unpaired) electrons. The van der Waals surface area contributed by atoms with Gasteiger partial charge in [-0.05, 0) is 13.0 Å². The number of halogens is 1. The third-order valence-electron chi connectivity index (χ3n) is 2.57. The molecule has 1 aromatic carbocycles. The van der Waals surface area contributed by atoms with E-state index in [1.54, 1.807) is 13.0 Å². The van der Waals surface area contributed by atoms with E-state index in [-0.39, 0.29) is 17.9 Å². The smallest absolute Gasteiger partial charge is 0.290 e. The minimum atomic E-state index is -1.12. The second-order valence-corrected chi connectivity index (χ2v) is 4.08. The van der Waals surface area contributed by atoms with Crippen LogP contribution in [0.5, 0.6) is 0 Å². The topological polar surface area (TPSA) is 75.4 Å². The van der Waals surface area contributed by atoms with Crippen LogP contribution >= 0.6 is 0 Å². The van der Waals surface area contributed by atoms with E-state index < -0.39 is 17.8 Å². The first-order chi connectivity index (χ1) is 9.08. The highest BCUT2D eigenvalue weighted by Gasteiger charge is 2.16. The number of aromatic nitrogens is 1. The van der Waals surface area contributed by atoms with E-state index in [0.29, 0.717) is 5.69 Å². The molecular weight excluding hydrogens is 251 g/mol. The summed E-state index contributed by atoms with van der Waals surface area (Å²) in [7, 11) is 0. The molecule has 0 bridgehead atoms. The predicted molar refractivity (Wildman–Crippen MR) is 64.9 cm³/mol. The van der Waals surface area contributed by atoms with Crippen LogP contribution in [0.3, 0.4) is 0 Å². The van der Waals surface area contributed by atoms with Crippen LogP contribution in [0.15, 0.2) is 34.9 Å². The lowest BCUT2D eigenvalue weighted by Crippen LogP contribution is -2.28. The Labute approximate surface area is 109 Å². The molecule has 0 saturated carbocycles. The molecule has 19 heavy (non-hydrogen) atoms. The van der Waals surface area contributed by atoms with Gasteiger partial charge in [-0.3, -0.25) is 4.79 Å². The van der Waals surface area contributed by atoms with Gasteiger partial charge in [0.2, 0.25) is 5.76 Å². The van der Waals surface area contributed by atoms with Gasteiger partial charge in [-0.25, -0.2) is 4.39 Å². The van der Waals surface area contributed by atoms with Crippen LogP contribution < -0.4 is 5.32 Å². The van der Waals surface area contributed by atoms with Gasteiger partial charge in [0.15, 0.2) is 0 Å². The summed E-state index contributed by atoms with van der Waals surface area (Å²) < 4.78 is 18.2. The number of nitrogens with zero attached hydrogens (tertiary/aromatic N) is 1. The Morgan fingerprint density at radius 1 is 1.53 bits per heavy atom. The quantitative estimate of drug-likeness (QED) is 0.879. The maximum atomic E-state index is 13.4. The van der Waals surface area contributed by atoms with Crippen molar-refractivity contribution in [3.8, 4) is 0 Å². The number of hydrogen-bond donors (Lipinski definition) is 2. The largest absolute Gasteiger partial charge is 0.386 e. The monoisotopic (exact) mass is 264 g/mol. The summed E-state index contributed by atoms with van der Waals surface area (Å²) in [5.74, 6) is -0.964. The van der Waals surface area contributed by atoms with E-state index in [0.717, 1.165) is 0 Å². The number of amides is 1. The zero-order chi connectivity index (χ0) is 13.8. The zero-order valence-corrected chi connectivity index (χ0v) is 10.3. The Kier molecular flexibility index (Phi) is 3.91. The number of aliphatic hydroxyl groups is 1. The normalized spacial score (nSPS) is 12.2. The lowest BCUT2D eigenvalue weighted by atomic mass is 10.1. The van der Waals surface area contributed by atoms with E-state index >= 15 is 0 Å². The minimum Gasteiger partial charge on any atom is -0.386 e. The predicted octanol–water partition coefficient (Wildman–Crippen LogP) is 1.59. The molecule has 0 spiro atoms. The van der Waals surface area contributed by atoms with E-state index in [4.69, 9.17) is 4.52 Å². The average Bonchev–Trinajstić information content (AvgIpc) is 2.83. The highest BCUT2D eigenvalue weighted by atomic mass is 19.1. The standard InChI is InChI=1S/C13H13FN2O3/c1-8-6-12(19-16-8)13(18)15-7-11(17)9-4-2-3-5-10(9)14/h2-6,11,17H,7H2,1H3,(H,15,18). The van der Waals surface area contributed by atoms with Crippen molar-refractivity contribution < 1.29 is 18.8 Å². The van der Waals surface area contributed by atoms with Gasteiger partial charge < -0.3 is 14.9 Å². The van der Waals surface area contributed by atoms with Gasteiger partial charge in [0.25, 0.3) is 5.91 Å². The summed E-state index contributed by atoms with van der Waals surface area (Å²) in [5.41, 5.74) is 0.719. The van der Waals surface area contributed by atoms with Gasteiger partial charge in [0.1, 0.15) is 5.82 Å². The van der Waals surface area contributed by atoms with E-state index in [9.17, 15) is 14.3 Å². The van der Waals surface area contributed by atoms with Crippen LogP contribution in [-0.2, 0) is 0 Å². The lowest BCUT2D eigenvalue weighted by Gasteiger charge is -2.12. The molecule has 2 N–H and O–H groups in total. The molecule has 2 rings (SSSR count). The summed E-state index contributed by atoms with van der Waals surface area (Å²) in [6, 6.07) is 7.33. The highest BCUT2D eigenvalue weighted by Crippen LogP contribution is 2.15. The molecule has 1 amide bonds. The van der Waals surface area contributed by atoms with Crippen LogP contribution in [-0.4, -0.2) is 22.7 Å². The van der Waals surface area contributed by atoms with Crippen molar-refractivity contribution in [2.24, 2.45) is 0 Å². The number of nitrogens with one attached hydrogen (secondary N) is 1. The molecule has 100 valence electrons. The number of benzene rings is 1. The van der Waals surface area contributed by atoms with Gasteiger partial charge in [0.05, 0.1) is 11.8 Å². The first kappa shape index (κ1) is 13.2. The third-order valence-corrected chi connectivity index (χ3v) is 2.57. The third kappa shape index (κ3) is 3.17. The Hall–Kier alpha value is -2.21. The van der Waals surface area contributed by atoms with E-state index in [1.165, 1.54) is 24.3 Å². The van der Waals surface area contributed by atoms with Crippen LogP contribution in [0.4, 0.5) is 4.39 Å². The molecule has 0 saturated heterocycles. The Bertz CT molecular complexity index is 583. The second-order valence-electron chi connectivity index (χ2n) is 4.08. The molecule has 0 aliphatic carbocycles. The summed E-state index contributed by atoms with van der Waals surface area (Å²) in [6.45, 7) is 1.58. The molecule has 0 aliphatic heterocycles. The molecule has 1 atom stereocenters. The SMILES string of the molecule is Cc1cc(C(=O)NCC(O)c2ccccc2F)on1. The maximum Gasteiger partial charge on any atom is 0.290 e. The van der Waals surface area contributed by atoms with Crippen LogP contribution in [0.25, 0.3) is 0 Å². The van der Waals surface area contributed by atoms with Crippen LogP contribution in [0.1, 0.15) is 27.9 Å². The molecule has 0 fully saturated rings. The van der Waals surface area contributed by atoms with Gasteiger partial charge in [-0.2, -0.15) is 0 Å². The number of carbonyl (C=O) groups excluding carboxylic acids is 1. The number of hydrogen-bond acceptors (Lipinski definition) is 4. The second kappa shape index (κ2) is 5.62. The van der Waals surface area contributed by atoms with Crippen molar-refractivity contribution in [2.75, 3.05) is 6.54 Å². The molecule has 0 aliphatic rings. The van der Waals surface area contributed by atoms with Crippen molar-refractivity contribution in [2.45, 2.75) is 13.0 Å². The number of aliphatic hydroxyl groups excluding tert-OH is 1. The molecule has 1 unspecified atom stereocenters. The van der Waals surface area contributed by atoms with Gasteiger partial charge in [-0.15, -0.1) is 0 Å². The lowest BCUT2D eigenvalue weighted by molar-refractivity contribution is 0.0878. The van der Waals surface area contributed by atoms with Crippen molar-refractivity contribution in [1.82, 2.24) is 10.5 Å². The Morgan fingerprint density at radius 2 is 2.26 bits per heavy atom. The molecule has 1 heterocycles. The molecular formula is C13H13FN2O3. The number of rotatable bonds is 4. The first-order valence-corrected chi connectivity index (χ1v) is 5.72. The van der Waals surface area contributed by atoms with Crippen molar-refractivity contribution in [3.63, 3.8) is 0 Å². The molecule has 6 heteroatoms. The van der Waals surface area contributed by atoms with E-state index in [1.807, 2.05) is 0 Å². The first-order valence-electron chi connectivity index (χ1n) is 5.72. The average molecular weight is 264 g/mol. The maximum absolute atomic E-state index is 13.4. The van der Waals surface area contributed by atoms with Crippen molar-refractivity contribution in [1.29, 1.82) is 0 Å². The Balaban J connectivity index is 1.96. The van der Waals surface area contributed by atoms with Crippen molar-refractivity contribution >= 4 is 5.91 Å². The molecule has 5 nitrogen and oxygen atoms in total. The number of carbonyl (C=O) groups is 1. The minimum absolute atomic E-state index is 0.0539. The van der Waals surface area contributed by atoms with Gasteiger partial charge in [0, 0.05) is 18.2 Å². The van der Waals surface area contributed by atoms with Crippen LogP contribution in [0.2, 0.25) is 0 Å². The van der Waals surface area contributed by atoms with Gasteiger partial charge >= 0.3 is 0 Å². The summed E-state index contributed by atoms with van der Waals surface area (Å²) in [6.07, 6.45) is -1.12. The number of aryl methyl sites for hydroxylation is 1. The van der Waals surface area contributed by atoms with E-state index in [2.05, 4.69) is 10.5 Å². The van der Waals surface area contributed by atoms with Gasteiger partial charge in [-0.1, -0.05) is 23.4 Å². The fourth-order valence-corrected chi connectivity index (χ4v) is 1.60.